The summed E-state index contributed by atoms with van der Waals surface area (Å²) in [7, 11) is 0. The van der Waals surface area contributed by atoms with Crippen LogP contribution in [0.25, 0.3) is 0 Å². The molecule has 114 valence electrons. The van der Waals surface area contributed by atoms with E-state index in [4.69, 9.17) is 5.11 Å². The van der Waals surface area contributed by atoms with E-state index in [1.165, 1.54) is 64.2 Å². The molecular formula is C16H32O2S. The maximum Gasteiger partial charge on any atom is 0.303 e. The van der Waals surface area contributed by atoms with E-state index >= 15 is 0 Å². The lowest BCUT2D eigenvalue weighted by Crippen LogP contribution is -2.03. The van der Waals surface area contributed by atoms with Crippen LogP contribution >= 0.6 is 12.6 Å². The predicted octanol–water partition coefficient (Wildman–Crippen LogP) is 5.46. The second-order valence-corrected chi connectivity index (χ2v) is 6.29. The van der Waals surface area contributed by atoms with E-state index in [2.05, 4.69) is 19.6 Å². The average Bonchev–Trinajstić information content (AvgIpc) is 2.38. The van der Waals surface area contributed by atoms with Gasteiger partial charge in [-0.3, -0.25) is 4.79 Å². The molecule has 0 spiro atoms. The lowest BCUT2D eigenvalue weighted by Gasteiger charge is -2.08. The summed E-state index contributed by atoms with van der Waals surface area (Å²) in [5.41, 5.74) is 0. The zero-order valence-electron chi connectivity index (χ0n) is 12.6. The Bertz CT molecular complexity index is 207. The highest BCUT2D eigenvalue weighted by Crippen LogP contribution is 2.16. The fourth-order valence-corrected chi connectivity index (χ4v) is 2.61. The van der Waals surface area contributed by atoms with Crippen LogP contribution in [0, 0.1) is 0 Å². The first kappa shape index (κ1) is 18.8. The summed E-state index contributed by atoms with van der Waals surface area (Å²) in [4.78, 5) is 10.4. The zero-order chi connectivity index (χ0) is 14.3. The quantitative estimate of drug-likeness (QED) is 0.329. The predicted molar refractivity (Wildman–Crippen MR) is 86.1 cm³/mol. The number of unbranched alkanes of at least 4 members (excludes halogenated alkanes) is 9. The molecule has 2 nitrogen and oxygen atoms in total. The van der Waals surface area contributed by atoms with E-state index in [0.29, 0.717) is 6.42 Å². The van der Waals surface area contributed by atoms with Crippen LogP contribution in [-0.4, -0.2) is 16.3 Å². The molecule has 0 bridgehead atoms. The van der Waals surface area contributed by atoms with Crippen LogP contribution in [0.4, 0.5) is 0 Å². The molecule has 0 aromatic rings. The highest BCUT2D eigenvalue weighted by Gasteiger charge is 2.05. The van der Waals surface area contributed by atoms with Crippen LogP contribution in [0.3, 0.4) is 0 Å². The molecule has 0 radical (unpaired) electrons. The van der Waals surface area contributed by atoms with Crippen molar-refractivity contribution in [3.8, 4) is 0 Å². The Morgan fingerprint density at radius 3 is 1.84 bits per heavy atom. The summed E-state index contributed by atoms with van der Waals surface area (Å²) >= 11 is 4.43. The van der Waals surface area contributed by atoms with Crippen LogP contribution in [0.15, 0.2) is 0 Å². The summed E-state index contributed by atoms with van der Waals surface area (Å²) in [6, 6.07) is 0. The lowest BCUT2D eigenvalue weighted by atomic mass is 10.0. The lowest BCUT2D eigenvalue weighted by molar-refractivity contribution is -0.137. The van der Waals surface area contributed by atoms with Gasteiger partial charge in [-0.15, -0.1) is 0 Å². The van der Waals surface area contributed by atoms with Crippen LogP contribution in [0.2, 0.25) is 0 Å². The standard InChI is InChI=1S/C16H32O2S/c1-2-3-4-5-6-7-8-9-10-11-12-15(19)13-14-16(17)18/h15,19H,2-14H2,1H3,(H,17,18). The first-order valence-electron chi connectivity index (χ1n) is 8.06. The molecule has 0 saturated heterocycles. The zero-order valence-corrected chi connectivity index (χ0v) is 13.5. The Morgan fingerprint density at radius 1 is 0.895 bits per heavy atom. The molecule has 0 aliphatic carbocycles. The molecule has 0 aromatic carbocycles. The van der Waals surface area contributed by atoms with Crippen molar-refractivity contribution in [1.29, 1.82) is 0 Å². The number of carbonyl (C=O) groups is 1. The summed E-state index contributed by atoms with van der Waals surface area (Å²) in [5, 5.41) is 8.84. The first-order valence-corrected chi connectivity index (χ1v) is 8.58. The maximum absolute atomic E-state index is 10.4. The Kier molecular flexibility index (Phi) is 14.1. The van der Waals surface area contributed by atoms with E-state index in [1.807, 2.05) is 0 Å². The van der Waals surface area contributed by atoms with Crippen LogP contribution in [0.5, 0.6) is 0 Å². The van der Waals surface area contributed by atoms with Gasteiger partial charge in [0.1, 0.15) is 0 Å². The monoisotopic (exact) mass is 288 g/mol. The highest BCUT2D eigenvalue weighted by atomic mass is 32.1. The van der Waals surface area contributed by atoms with E-state index < -0.39 is 5.97 Å². The largest absolute Gasteiger partial charge is 0.481 e. The van der Waals surface area contributed by atoms with Crippen molar-refractivity contribution < 1.29 is 9.90 Å². The Morgan fingerprint density at radius 2 is 1.37 bits per heavy atom. The van der Waals surface area contributed by atoms with Crippen LogP contribution in [-0.2, 0) is 4.79 Å². The maximum atomic E-state index is 10.4. The second-order valence-electron chi connectivity index (χ2n) is 5.56. The topological polar surface area (TPSA) is 37.3 Å². The minimum absolute atomic E-state index is 0.256. The average molecular weight is 288 g/mol. The molecule has 0 rings (SSSR count). The van der Waals surface area contributed by atoms with Gasteiger partial charge in [-0.05, 0) is 12.8 Å². The van der Waals surface area contributed by atoms with Gasteiger partial charge in [0.2, 0.25) is 0 Å². The van der Waals surface area contributed by atoms with Gasteiger partial charge in [0, 0.05) is 11.7 Å². The molecule has 1 unspecified atom stereocenters. The summed E-state index contributed by atoms with van der Waals surface area (Å²) in [5.74, 6) is -0.706. The highest BCUT2D eigenvalue weighted by molar-refractivity contribution is 7.80. The van der Waals surface area contributed by atoms with Crippen molar-refractivity contribution in [2.75, 3.05) is 0 Å². The second kappa shape index (κ2) is 14.2. The molecule has 0 saturated carbocycles. The normalized spacial score (nSPS) is 12.5. The van der Waals surface area contributed by atoms with Crippen molar-refractivity contribution in [2.45, 2.75) is 95.6 Å². The van der Waals surface area contributed by atoms with Gasteiger partial charge < -0.3 is 5.11 Å². The number of carboxylic acids is 1. The minimum Gasteiger partial charge on any atom is -0.481 e. The molecule has 0 aliphatic rings. The number of hydrogen-bond acceptors (Lipinski definition) is 2. The third kappa shape index (κ3) is 15.8. The molecule has 1 N–H and O–H groups in total. The van der Waals surface area contributed by atoms with E-state index in [-0.39, 0.29) is 11.7 Å². The molecular weight excluding hydrogens is 256 g/mol. The first-order chi connectivity index (χ1) is 9.16. The van der Waals surface area contributed by atoms with Crippen LogP contribution in [0.1, 0.15) is 90.4 Å². The van der Waals surface area contributed by atoms with E-state index in [0.717, 1.165) is 6.42 Å². The van der Waals surface area contributed by atoms with Gasteiger partial charge in [0.25, 0.3) is 0 Å². The van der Waals surface area contributed by atoms with Gasteiger partial charge >= 0.3 is 5.97 Å². The summed E-state index contributed by atoms with van der Waals surface area (Å²) < 4.78 is 0. The summed E-state index contributed by atoms with van der Waals surface area (Å²) in [6.45, 7) is 2.26. The molecule has 0 fully saturated rings. The Labute approximate surface area is 124 Å². The van der Waals surface area contributed by atoms with Crippen molar-refractivity contribution >= 4 is 18.6 Å². The molecule has 3 heteroatoms. The number of carboxylic acid groups (broad SMARTS) is 1. The van der Waals surface area contributed by atoms with Gasteiger partial charge in [-0.2, -0.15) is 12.6 Å². The Balaban J connectivity index is 3.11. The van der Waals surface area contributed by atoms with Crippen LogP contribution < -0.4 is 0 Å². The third-order valence-electron chi connectivity index (χ3n) is 3.58. The fraction of sp³-hybridized carbons (Fsp3) is 0.938. The van der Waals surface area contributed by atoms with Crippen molar-refractivity contribution in [3.05, 3.63) is 0 Å². The third-order valence-corrected chi connectivity index (χ3v) is 4.10. The van der Waals surface area contributed by atoms with E-state index in [9.17, 15) is 4.79 Å². The SMILES string of the molecule is CCCCCCCCCCCCC(S)CCC(=O)O. The van der Waals surface area contributed by atoms with Gasteiger partial charge in [0.15, 0.2) is 0 Å². The fourth-order valence-electron chi connectivity index (χ4n) is 2.30. The molecule has 0 aromatic heterocycles. The molecule has 1 atom stereocenters. The number of aliphatic carboxylic acids is 1. The smallest absolute Gasteiger partial charge is 0.303 e. The Hall–Kier alpha value is -0.180. The summed E-state index contributed by atoms with van der Waals surface area (Å²) in [6.07, 6.45) is 15.5. The number of thiol groups is 1. The number of rotatable bonds is 14. The van der Waals surface area contributed by atoms with E-state index in [1.54, 1.807) is 0 Å². The molecule has 0 aliphatic heterocycles. The molecule has 0 heterocycles. The molecule has 0 amide bonds. The van der Waals surface area contributed by atoms with Crippen molar-refractivity contribution in [3.63, 3.8) is 0 Å². The van der Waals surface area contributed by atoms with Gasteiger partial charge in [0.05, 0.1) is 0 Å². The molecule has 19 heavy (non-hydrogen) atoms. The van der Waals surface area contributed by atoms with Crippen molar-refractivity contribution in [2.24, 2.45) is 0 Å². The minimum atomic E-state index is -0.706. The number of hydrogen-bond donors (Lipinski definition) is 2. The van der Waals surface area contributed by atoms with Gasteiger partial charge in [-0.25, -0.2) is 0 Å². The van der Waals surface area contributed by atoms with Gasteiger partial charge in [-0.1, -0.05) is 71.1 Å². The van der Waals surface area contributed by atoms with Crippen molar-refractivity contribution in [1.82, 2.24) is 0 Å².